The normalized spacial score (nSPS) is 19.5. The molecule has 1 aliphatic heterocycles. The molecule has 1 aromatic rings. The number of likely N-dealkylation sites (tertiary alicyclic amines) is 1. The smallest absolute Gasteiger partial charge is 0.330 e. The lowest BCUT2D eigenvalue weighted by Crippen LogP contribution is -2.49. The first-order valence-corrected chi connectivity index (χ1v) is 9.23. The highest BCUT2D eigenvalue weighted by molar-refractivity contribution is 7.79. The van der Waals surface area contributed by atoms with E-state index in [1.54, 1.807) is 0 Å². The van der Waals surface area contributed by atoms with Gasteiger partial charge in [0.25, 0.3) is 0 Å². The first kappa shape index (κ1) is 20.8. The first-order chi connectivity index (χ1) is 12.1. The van der Waals surface area contributed by atoms with Crippen LogP contribution in [0, 0.1) is 5.82 Å². The number of rotatable bonds is 6. The average Bonchev–Trinajstić information content (AvgIpc) is 3.02. The molecule has 0 aliphatic carbocycles. The minimum Gasteiger partial charge on any atom is -0.330 e. The van der Waals surface area contributed by atoms with Gasteiger partial charge in [0.2, 0.25) is 0 Å². The van der Waals surface area contributed by atoms with E-state index in [9.17, 15) is 31.1 Å². The van der Waals surface area contributed by atoms with Gasteiger partial charge in [-0.15, -0.1) is 0 Å². The number of halogens is 4. The van der Waals surface area contributed by atoms with E-state index in [2.05, 4.69) is 0 Å². The quantitative estimate of drug-likeness (QED) is 0.593. The number of benzene rings is 1. The van der Waals surface area contributed by atoms with Crippen LogP contribution in [0.15, 0.2) is 23.1 Å². The molecule has 1 aliphatic rings. The van der Waals surface area contributed by atoms with Crippen molar-refractivity contribution in [2.24, 2.45) is 0 Å². The van der Waals surface area contributed by atoms with Gasteiger partial charge in [-0.25, -0.2) is 8.60 Å². The Morgan fingerprint density at radius 3 is 2.65 bits per heavy atom. The topological polar surface area (TPSA) is 60.9 Å². The van der Waals surface area contributed by atoms with Crippen LogP contribution in [-0.4, -0.2) is 62.9 Å². The lowest BCUT2D eigenvalue weighted by molar-refractivity contribution is -0.187. The standard InChI is InChI=1S/C16H20F4N2O3S/c1-2-21-7-6-13(10-21)22(15(23)16(18,19)20)8-5-11-9-12(17)3-4-14(11)26(24)25/h3-4,9,13H,2,5-8,10H2,1H3,(H,24,25). The van der Waals surface area contributed by atoms with Crippen LogP contribution in [0.5, 0.6) is 0 Å². The van der Waals surface area contributed by atoms with E-state index in [1.165, 1.54) is 0 Å². The molecular weight excluding hydrogens is 376 g/mol. The third-order valence-corrected chi connectivity index (χ3v) is 5.25. The van der Waals surface area contributed by atoms with Crippen LogP contribution in [-0.2, 0) is 22.3 Å². The van der Waals surface area contributed by atoms with E-state index in [0.29, 0.717) is 26.1 Å². The molecule has 1 saturated heterocycles. The van der Waals surface area contributed by atoms with Crippen LogP contribution in [0.2, 0.25) is 0 Å². The van der Waals surface area contributed by atoms with Crippen molar-refractivity contribution in [3.63, 3.8) is 0 Å². The molecule has 0 spiro atoms. The third kappa shape index (κ3) is 5.01. The largest absolute Gasteiger partial charge is 0.471 e. The lowest BCUT2D eigenvalue weighted by atomic mass is 10.1. The minimum atomic E-state index is -5.01. The van der Waals surface area contributed by atoms with Crippen LogP contribution in [0.1, 0.15) is 18.9 Å². The van der Waals surface area contributed by atoms with Gasteiger partial charge < -0.3 is 14.4 Å². The molecular formula is C16H20F4N2O3S. The molecule has 0 saturated carbocycles. The number of carbonyl (C=O) groups excluding carboxylic acids is 1. The molecule has 1 amide bonds. The Labute approximate surface area is 151 Å². The van der Waals surface area contributed by atoms with Crippen LogP contribution in [0.3, 0.4) is 0 Å². The van der Waals surface area contributed by atoms with Crippen LogP contribution < -0.4 is 0 Å². The Bertz CT molecular complexity index is 684. The maximum atomic E-state index is 13.4. The van der Waals surface area contributed by atoms with E-state index in [0.717, 1.165) is 23.1 Å². The Morgan fingerprint density at radius 1 is 1.42 bits per heavy atom. The van der Waals surface area contributed by atoms with Crippen molar-refractivity contribution in [2.75, 3.05) is 26.2 Å². The monoisotopic (exact) mass is 396 g/mol. The fraction of sp³-hybridized carbons (Fsp3) is 0.562. The molecule has 1 N–H and O–H groups in total. The van der Waals surface area contributed by atoms with Gasteiger partial charge in [-0.1, -0.05) is 6.92 Å². The fourth-order valence-electron chi connectivity index (χ4n) is 3.12. The number of likely N-dealkylation sites (N-methyl/N-ethyl adjacent to an activating group) is 1. The van der Waals surface area contributed by atoms with Crippen molar-refractivity contribution in [3.05, 3.63) is 29.6 Å². The molecule has 2 unspecified atom stereocenters. The van der Waals surface area contributed by atoms with Crippen molar-refractivity contribution in [1.82, 2.24) is 9.80 Å². The number of carbonyl (C=O) groups is 1. The molecule has 1 aromatic carbocycles. The zero-order valence-corrected chi connectivity index (χ0v) is 14.9. The highest BCUT2D eigenvalue weighted by atomic mass is 32.2. The predicted octanol–water partition coefficient (Wildman–Crippen LogP) is 2.43. The first-order valence-electron chi connectivity index (χ1n) is 8.13. The average molecular weight is 396 g/mol. The Morgan fingerprint density at radius 2 is 2.12 bits per heavy atom. The van der Waals surface area contributed by atoms with Gasteiger partial charge in [0.1, 0.15) is 5.82 Å². The summed E-state index contributed by atoms with van der Waals surface area (Å²) in [7, 11) is 0. The second-order valence-electron chi connectivity index (χ2n) is 6.08. The van der Waals surface area contributed by atoms with Crippen molar-refractivity contribution in [3.8, 4) is 0 Å². The van der Waals surface area contributed by atoms with Gasteiger partial charge in [0.05, 0.1) is 4.90 Å². The van der Waals surface area contributed by atoms with Gasteiger partial charge in [-0.05, 0) is 43.1 Å². The van der Waals surface area contributed by atoms with Crippen molar-refractivity contribution >= 4 is 17.0 Å². The van der Waals surface area contributed by atoms with Crippen LogP contribution >= 0.6 is 0 Å². The summed E-state index contributed by atoms with van der Waals surface area (Å²) in [5.41, 5.74) is 0.108. The SMILES string of the molecule is CCN1CCC(N(CCc2cc(F)ccc2S(=O)O)C(=O)C(F)(F)F)C1. The molecule has 0 radical (unpaired) electrons. The van der Waals surface area contributed by atoms with Crippen LogP contribution in [0.25, 0.3) is 0 Å². The number of hydrogen-bond acceptors (Lipinski definition) is 3. The van der Waals surface area contributed by atoms with Gasteiger partial charge in [0, 0.05) is 25.7 Å². The Kier molecular flexibility index (Phi) is 6.75. The molecule has 10 heteroatoms. The molecule has 2 atom stereocenters. The highest BCUT2D eigenvalue weighted by Gasteiger charge is 2.45. The molecule has 1 fully saturated rings. The van der Waals surface area contributed by atoms with Gasteiger partial charge in [0.15, 0.2) is 11.1 Å². The van der Waals surface area contributed by atoms with Crippen LogP contribution in [0.4, 0.5) is 17.6 Å². The molecule has 2 rings (SSSR count). The van der Waals surface area contributed by atoms with Crippen molar-refractivity contribution in [1.29, 1.82) is 0 Å². The van der Waals surface area contributed by atoms with E-state index in [-0.39, 0.29) is 23.4 Å². The second kappa shape index (κ2) is 8.45. The molecule has 0 aromatic heterocycles. The number of nitrogens with zero attached hydrogens (tertiary/aromatic N) is 2. The molecule has 26 heavy (non-hydrogen) atoms. The molecule has 146 valence electrons. The number of amides is 1. The van der Waals surface area contributed by atoms with Gasteiger partial charge in [-0.2, -0.15) is 13.2 Å². The predicted molar refractivity (Wildman–Crippen MR) is 87.4 cm³/mol. The maximum absolute atomic E-state index is 13.4. The highest BCUT2D eigenvalue weighted by Crippen LogP contribution is 2.25. The fourth-order valence-corrected chi connectivity index (χ4v) is 3.69. The van der Waals surface area contributed by atoms with Crippen molar-refractivity contribution < 1.29 is 31.1 Å². The molecule has 1 heterocycles. The van der Waals surface area contributed by atoms with E-state index >= 15 is 0 Å². The summed E-state index contributed by atoms with van der Waals surface area (Å²) < 4.78 is 73.0. The zero-order valence-electron chi connectivity index (χ0n) is 14.1. The summed E-state index contributed by atoms with van der Waals surface area (Å²) in [5, 5.41) is 0. The maximum Gasteiger partial charge on any atom is 0.471 e. The summed E-state index contributed by atoms with van der Waals surface area (Å²) in [5.74, 6) is -2.61. The van der Waals surface area contributed by atoms with Crippen molar-refractivity contribution in [2.45, 2.75) is 36.9 Å². The summed E-state index contributed by atoms with van der Waals surface area (Å²) >= 11 is -2.40. The Balaban J connectivity index is 2.21. The summed E-state index contributed by atoms with van der Waals surface area (Å²) in [6, 6.07) is 2.53. The van der Waals surface area contributed by atoms with E-state index in [4.69, 9.17) is 0 Å². The second-order valence-corrected chi connectivity index (χ2v) is 7.02. The third-order valence-electron chi connectivity index (χ3n) is 4.47. The number of alkyl halides is 3. The minimum absolute atomic E-state index is 0.0765. The molecule has 0 bridgehead atoms. The summed E-state index contributed by atoms with van der Waals surface area (Å²) in [4.78, 5) is 14.5. The van der Waals surface area contributed by atoms with Gasteiger partial charge >= 0.3 is 12.1 Å². The van der Waals surface area contributed by atoms with E-state index < -0.39 is 35.0 Å². The Hall–Kier alpha value is -1.52. The lowest BCUT2D eigenvalue weighted by Gasteiger charge is -2.30. The summed E-state index contributed by atoms with van der Waals surface area (Å²) in [6.07, 6.45) is -4.74. The molecule has 5 nitrogen and oxygen atoms in total. The summed E-state index contributed by atoms with van der Waals surface area (Å²) in [6.45, 7) is 3.17. The van der Waals surface area contributed by atoms with Gasteiger partial charge in [-0.3, -0.25) is 4.79 Å². The number of hydrogen-bond donors (Lipinski definition) is 1. The zero-order chi connectivity index (χ0) is 19.5. The van der Waals surface area contributed by atoms with E-state index in [1.807, 2.05) is 11.8 Å².